The lowest BCUT2D eigenvalue weighted by atomic mass is 9.43. The summed E-state index contributed by atoms with van der Waals surface area (Å²) in [6, 6.07) is 3.29. The highest BCUT2D eigenvalue weighted by molar-refractivity contribution is 5.81. The second-order valence-corrected chi connectivity index (χ2v) is 14.5. The van der Waals surface area contributed by atoms with Gasteiger partial charge in [0.25, 0.3) is 0 Å². The molecule has 230 valence electrons. The molecule has 4 saturated carbocycles. The number of fused-ring (bicyclic) bond motifs is 3. The zero-order valence-corrected chi connectivity index (χ0v) is 25.3. The maximum Gasteiger partial charge on any atom is 0.335 e. The summed E-state index contributed by atoms with van der Waals surface area (Å²) in [5, 5.41) is 8.81. The Kier molecular flexibility index (Phi) is 7.68. The monoisotopic (exact) mass is 582 g/mol. The molecule has 0 aromatic carbocycles. The van der Waals surface area contributed by atoms with Crippen LogP contribution in [0.5, 0.6) is 0 Å². The van der Waals surface area contributed by atoms with Crippen LogP contribution in [0, 0.1) is 34.5 Å². The molecule has 10 atom stereocenters. The Morgan fingerprint density at radius 3 is 2.43 bits per heavy atom. The van der Waals surface area contributed by atoms with E-state index in [-0.39, 0.29) is 52.4 Å². The number of carbonyl (C=O) groups is 3. The van der Waals surface area contributed by atoms with Crippen molar-refractivity contribution in [2.24, 2.45) is 34.5 Å². The van der Waals surface area contributed by atoms with Gasteiger partial charge in [0.1, 0.15) is 23.6 Å². The smallest absolute Gasteiger partial charge is 0.335 e. The van der Waals surface area contributed by atoms with Gasteiger partial charge >= 0.3 is 17.6 Å². The van der Waals surface area contributed by atoms with Gasteiger partial charge in [-0.05, 0) is 92.6 Å². The van der Waals surface area contributed by atoms with Gasteiger partial charge in [0.2, 0.25) is 0 Å². The molecule has 4 aliphatic carbocycles. The number of ketones is 1. The molecule has 1 aromatic heterocycles. The molecule has 2 heterocycles. The molecule has 1 aromatic rings. The highest BCUT2D eigenvalue weighted by Crippen LogP contribution is 2.78. The minimum absolute atomic E-state index is 0.0894. The van der Waals surface area contributed by atoms with Crippen LogP contribution in [-0.2, 0) is 23.9 Å². The van der Waals surface area contributed by atoms with Gasteiger partial charge in [-0.25, -0.2) is 4.79 Å². The maximum atomic E-state index is 13.2. The van der Waals surface area contributed by atoms with Crippen molar-refractivity contribution < 1.29 is 33.4 Å². The van der Waals surface area contributed by atoms with Gasteiger partial charge in [-0.1, -0.05) is 26.7 Å². The van der Waals surface area contributed by atoms with Crippen molar-refractivity contribution in [1.29, 1.82) is 0 Å². The first kappa shape index (κ1) is 29.6. The van der Waals surface area contributed by atoms with Gasteiger partial charge in [0.05, 0.1) is 6.26 Å². The lowest BCUT2D eigenvalue weighted by Crippen LogP contribution is -2.58. The summed E-state index contributed by atoms with van der Waals surface area (Å²) in [6.07, 6.45) is 12.3. The third-order valence-corrected chi connectivity index (χ3v) is 12.5. The molecule has 0 bridgehead atoms. The number of hydrogen-bond donors (Lipinski definition) is 1. The number of carbonyl (C=O) groups excluding carboxylic acids is 2. The average molecular weight is 583 g/mol. The first-order chi connectivity index (χ1) is 20.0. The fourth-order valence-electron chi connectivity index (χ4n) is 10.5. The topological polar surface area (TPSA) is 123 Å². The molecule has 0 amide bonds. The predicted molar refractivity (Wildman–Crippen MR) is 154 cm³/mol. The minimum Gasteiger partial charge on any atom is -0.481 e. The molecule has 6 rings (SSSR count). The fraction of sp³-hybridized carbons (Fsp3) is 0.765. The summed E-state index contributed by atoms with van der Waals surface area (Å²) in [4.78, 5) is 47.9. The third-order valence-electron chi connectivity index (χ3n) is 12.5. The van der Waals surface area contributed by atoms with E-state index in [0.717, 1.165) is 69.8 Å². The summed E-state index contributed by atoms with van der Waals surface area (Å²) < 4.78 is 18.0. The number of esters is 1. The van der Waals surface area contributed by atoms with E-state index in [2.05, 4.69) is 13.8 Å². The lowest BCUT2D eigenvalue weighted by molar-refractivity contribution is -0.157. The van der Waals surface area contributed by atoms with Gasteiger partial charge in [0.15, 0.2) is 0 Å². The van der Waals surface area contributed by atoms with Gasteiger partial charge in [-0.2, -0.15) is 0 Å². The zero-order chi connectivity index (χ0) is 29.9. The van der Waals surface area contributed by atoms with Crippen LogP contribution in [0.3, 0.4) is 0 Å². The van der Waals surface area contributed by atoms with Gasteiger partial charge in [-0.3, -0.25) is 14.4 Å². The number of rotatable bonds is 10. The van der Waals surface area contributed by atoms with E-state index in [0.29, 0.717) is 36.4 Å². The van der Waals surface area contributed by atoms with E-state index in [9.17, 15) is 19.2 Å². The van der Waals surface area contributed by atoms with E-state index in [1.807, 2.05) is 6.07 Å². The lowest BCUT2D eigenvalue weighted by Gasteiger charge is -2.61. The number of aliphatic carboxylic acids is 1. The van der Waals surface area contributed by atoms with Crippen LogP contribution in [0.15, 0.2) is 27.6 Å². The number of carboxylic acids is 1. The largest absolute Gasteiger partial charge is 0.481 e. The minimum atomic E-state index is -0.750. The molecule has 42 heavy (non-hydrogen) atoms. The van der Waals surface area contributed by atoms with Crippen LogP contribution in [-0.4, -0.2) is 40.6 Å². The second kappa shape index (κ2) is 10.9. The quantitative estimate of drug-likeness (QED) is 0.201. The SMILES string of the molecule is CC(=O)O[C@H]1[C@H]2O[C@]23[C@@H]2CC[C@@H]4C[C@@H](C(=O)CCCCCCC(=O)O)CC[C@]4(C)[C@H]2CC[C@]3(C)[C@H]1c1ccc(=O)oc1. The first-order valence-corrected chi connectivity index (χ1v) is 16.2. The summed E-state index contributed by atoms with van der Waals surface area (Å²) in [6.45, 7) is 6.22. The molecule has 5 aliphatic rings. The van der Waals surface area contributed by atoms with Gasteiger partial charge < -0.3 is 19.0 Å². The van der Waals surface area contributed by atoms with Crippen LogP contribution >= 0.6 is 0 Å². The summed E-state index contributed by atoms with van der Waals surface area (Å²) >= 11 is 0. The molecule has 8 heteroatoms. The first-order valence-electron chi connectivity index (χ1n) is 16.2. The average Bonchev–Trinajstić information content (AvgIpc) is 3.65. The van der Waals surface area contributed by atoms with E-state index in [4.69, 9.17) is 19.0 Å². The van der Waals surface area contributed by atoms with Crippen molar-refractivity contribution >= 4 is 17.7 Å². The Hall–Kier alpha value is -2.48. The molecular formula is C34H46O8. The van der Waals surface area contributed by atoms with Gasteiger partial charge in [0, 0.05) is 43.1 Å². The van der Waals surface area contributed by atoms with Crippen molar-refractivity contribution in [3.8, 4) is 0 Å². The number of unbranched alkanes of at least 4 members (excludes halogenated alkanes) is 3. The second-order valence-electron chi connectivity index (χ2n) is 14.5. The number of ether oxygens (including phenoxy) is 2. The molecule has 1 N–H and O–H groups in total. The van der Waals surface area contributed by atoms with Crippen molar-refractivity contribution in [2.45, 2.75) is 128 Å². The van der Waals surface area contributed by atoms with Crippen LogP contribution in [0.2, 0.25) is 0 Å². The molecular weight excluding hydrogens is 536 g/mol. The molecule has 5 fully saturated rings. The van der Waals surface area contributed by atoms with E-state index in [1.54, 1.807) is 6.26 Å². The van der Waals surface area contributed by atoms with Crippen molar-refractivity contribution in [1.82, 2.24) is 0 Å². The van der Waals surface area contributed by atoms with Crippen molar-refractivity contribution in [3.05, 3.63) is 34.4 Å². The summed E-state index contributed by atoms with van der Waals surface area (Å²) in [5.41, 5.74) is 0.0924. The summed E-state index contributed by atoms with van der Waals surface area (Å²) in [5.74, 6) is 0.797. The molecule has 8 nitrogen and oxygen atoms in total. The van der Waals surface area contributed by atoms with Crippen LogP contribution in [0.4, 0.5) is 0 Å². The zero-order valence-electron chi connectivity index (χ0n) is 25.3. The highest BCUT2D eigenvalue weighted by Gasteiger charge is 2.84. The molecule has 1 saturated heterocycles. The fourth-order valence-corrected chi connectivity index (χ4v) is 10.5. The maximum absolute atomic E-state index is 13.2. The van der Waals surface area contributed by atoms with Crippen LogP contribution in [0.25, 0.3) is 0 Å². The number of carboxylic acid groups (broad SMARTS) is 1. The van der Waals surface area contributed by atoms with Crippen molar-refractivity contribution in [2.75, 3.05) is 0 Å². The number of hydrogen-bond acceptors (Lipinski definition) is 7. The normalized spacial score (nSPS) is 41.5. The van der Waals surface area contributed by atoms with Crippen LogP contribution < -0.4 is 5.63 Å². The Bertz CT molecular complexity index is 1270. The summed E-state index contributed by atoms with van der Waals surface area (Å²) in [7, 11) is 0. The third kappa shape index (κ3) is 4.67. The Morgan fingerprint density at radius 2 is 1.74 bits per heavy atom. The molecule has 1 aliphatic heterocycles. The number of Topliss-reactive ketones (excluding diaryl/α,β-unsaturated/α-hetero) is 1. The molecule has 0 unspecified atom stereocenters. The Balaban J connectivity index is 1.16. The number of epoxide rings is 1. The van der Waals surface area contributed by atoms with E-state index < -0.39 is 12.1 Å². The Labute approximate surface area is 247 Å². The predicted octanol–water partition coefficient (Wildman–Crippen LogP) is 6.05. The van der Waals surface area contributed by atoms with E-state index >= 15 is 0 Å². The molecule has 0 radical (unpaired) electrons. The highest BCUT2D eigenvalue weighted by atomic mass is 16.7. The Morgan fingerprint density at radius 1 is 0.976 bits per heavy atom. The van der Waals surface area contributed by atoms with Crippen molar-refractivity contribution in [3.63, 3.8) is 0 Å². The van der Waals surface area contributed by atoms with E-state index in [1.165, 1.54) is 13.0 Å². The van der Waals surface area contributed by atoms with Crippen LogP contribution in [0.1, 0.15) is 116 Å². The van der Waals surface area contributed by atoms with Gasteiger partial charge in [-0.15, -0.1) is 0 Å². The standard InChI is InChI=1S/C34H46O8/c1-20(35)41-30-29(22-10-13-28(39)40-19-22)33(3)17-15-24-25(34(33)31(30)42-34)12-11-23-18-21(14-16-32(23,24)2)26(36)8-6-4-5-7-9-27(37)38/h10,13,19,21,23-25,29-31H,4-9,11-12,14-18H2,1-3H3,(H,37,38)/t21-,23+,24-,25+,29-,30+,31+,32-,33+,34+/m0/s1. The molecule has 1 spiro atoms.